The van der Waals surface area contributed by atoms with E-state index in [1.807, 2.05) is 56.3 Å². The molecule has 0 saturated carbocycles. The minimum Gasteiger partial charge on any atom is -0.267 e. The van der Waals surface area contributed by atoms with Gasteiger partial charge in [0.1, 0.15) is 0 Å². The fourth-order valence-corrected chi connectivity index (χ4v) is 1.85. The molecule has 3 heteroatoms. The number of carbonyl (C=O) groups is 1. The molecule has 102 valence electrons. The maximum absolute atomic E-state index is 11.9. The summed E-state index contributed by atoms with van der Waals surface area (Å²) >= 11 is 0. The highest BCUT2D eigenvalue weighted by Crippen LogP contribution is 2.03. The third kappa shape index (κ3) is 4.05. The van der Waals surface area contributed by atoms with Crippen molar-refractivity contribution in [2.75, 3.05) is 0 Å². The largest absolute Gasteiger partial charge is 0.271 e. The molecule has 1 amide bonds. The minimum absolute atomic E-state index is 0.183. The van der Waals surface area contributed by atoms with Crippen molar-refractivity contribution >= 4 is 11.6 Å². The molecule has 0 spiro atoms. The van der Waals surface area contributed by atoms with E-state index in [1.54, 1.807) is 12.1 Å². The van der Waals surface area contributed by atoms with Crippen molar-refractivity contribution < 1.29 is 4.79 Å². The van der Waals surface area contributed by atoms with Crippen LogP contribution in [-0.2, 0) is 6.42 Å². The highest BCUT2D eigenvalue weighted by atomic mass is 16.2. The van der Waals surface area contributed by atoms with Gasteiger partial charge < -0.3 is 0 Å². The van der Waals surface area contributed by atoms with E-state index in [1.165, 1.54) is 5.56 Å². The summed E-state index contributed by atoms with van der Waals surface area (Å²) in [5.74, 6) is -0.183. The summed E-state index contributed by atoms with van der Waals surface area (Å²) in [5.41, 5.74) is 6.39. The number of carbonyl (C=O) groups excluding carboxylic acids is 1. The Morgan fingerprint density at radius 3 is 2.35 bits per heavy atom. The van der Waals surface area contributed by atoms with E-state index < -0.39 is 0 Å². The maximum atomic E-state index is 11.9. The van der Waals surface area contributed by atoms with E-state index in [0.717, 1.165) is 17.7 Å². The lowest BCUT2D eigenvalue weighted by Gasteiger charge is -2.03. The van der Waals surface area contributed by atoms with Gasteiger partial charge in [0.15, 0.2) is 0 Å². The second kappa shape index (κ2) is 6.66. The molecule has 0 aliphatic heterocycles. The molecule has 0 unspecified atom stereocenters. The first-order valence-electron chi connectivity index (χ1n) is 6.59. The zero-order valence-electron chi connectivity index (χ0n) is 11.8. The van der Waals surface area contributed by atoms with Crippen LogP contribution in [0.2, 0.25) is 0 Å². The Bertz CT molecular complexity index is 601. The lowest BCUT2D eigenvalue weighted by molar-refractivity contribution is 0.0954. The first-order chi connectivity index (χ1) is 9.65. The molecular weight excluding hydrogens is 248 g/mol. The molecule has 0 aromatic heterocycles. The van der Waals surface area contributed by atoms with Crippen LogP contribution >= 0.6 is 0 Å². The van der Waals surface area contributed by atoms with E-state index in [4.69, 9.17) is 0 Å². The number of benzene rings is 2. The zero-order valence-corrected chi connectivity index (χ0v) is 11.8. The number of hydrogen-bond donors (Lipinski definition) is 1. The SMILES string of the molecule is C/C(Cc1ccccc1)=N/NC(=O)c1ccc(C)cc1. The number of hydrazone groups is 1. The monoisotopic (exact) mass is 266 g/mol. The Morgan fingerprint density at radius 1 is 1.05 bits per heavy atom. The summed E-state index contributed by atoms with van der Waals surface area (Å²) in [5, 5.41) is 4.14. The molecule has 0 aliphatic rings. The molecule has 2 aromatic carbocycles. The molecule has 3 nitrogen and oxygen atoms in total. The van der Waals surface area contributed by atoms with Gasteiger partial charge in [-0.15, -0.1) is 0 Å². The van der Waals surface area contributed by atoms with E-state index in [0.29, 0.717) is 5.56 Å². The standard InChI is InChI=1S/C17H18N2O/c1-13-8-10-16(11-9-13)17(20)19-18-14(2)12-15-6-4-3-5-7-15/h3-11H,12H2,1-2H3,(H,19,20)/b18-14-. The highest BCUT2D eigenvalue weighted by Gasteiger charge is 2.03. The smallest absolute Gasteiger partial charge is 0.267 e. The van der Waals surface area contributed by atoms with Gasteiger partial charge in [0.2, 0.25) is 0 Å². The van der Waals surface area contributed by atoms with Crippen molar-refractivity contribution in [1.29, 1.82) is 0 Å². The van der Waals surface area contributed by atoms with Crippen molar-refractivity contribution in [3.05, 3.63) is 71.3 Å². The summed E-state index contributed by atoms with van der Waals surface area (Å²) in [6.07, 6.45) is 0.731. The average molecular weight is 266 g/mol. The van der Waals surface area contributed by atoms with Gasteiger partial charge in [-0.1, -0.05) is 48.0 Å². The molecule has 0 atom stereocenters. The first kappa shape index (κ1) is 14.0. The molecule has 0 radical (unpaired) electrons. The topological polar surface area (TPSA) is 41.5 Å². The van der Waals surface area contributed by atoms with Crippen LogP contribution in [0.1, 0.15) is 28.4 Å². The quantitative estimate of drug-likeness (QED) is 0.669. The third-order valence-corrected chi connectivity index (χ3v) is 2.96. The Hall–Kier alpha value is -2.42. The van der Waals surface area contributed by atoms with Crippen molar-refractivity contribution in [3.63, 3.8) is 0 Å². The van der Waals surface area contributed by atoms with E-state index >= 15 is 0 Å². The Balaban J connectivity index is 1.94. The number of amides is 1. The van der Waals surface area contributed by atoms with Gasteiger partial charge in [0.05, 0.1) is 0 Å². The molecule has 0 bridgehead atoms. The lowest BCUT2D eigenvalue weighted by atomic mass is 10.1. The number of hydrogen-bond acceptors (Lipinski definition) is 2. The van der Waals surface area contributed by atoms with E-state index in [2.05, 4.69) is 10.5 Å². The van der Waals surface area contributed by atoms with Gasteiger partial charge in [-0.2, -0.15) is 5.10 Å². The Kier molecular flexibility index (Phi) is 4.66. The number of rotatable bonds is 4. The highest BCUT2D eigenvalue weighted by molar-refractivity contribution is 5.95. The van der Waals surface area contributed by atoms with Crippen molar-refractivity contribution in [2.24, 2.45) is 5.10 Å². The first-order valence-corrected chi connectivity index (χ1v) is 6.59. The van der Waals surface area contributed by atoms with Gasteiger partial charge in [0.25, 0.3) is 5.91 Å². The summed E-state index contributed by atoms with van der Waals surface area (Å²) < 4.78 is 0. The number of nitrogens with zero attached hydrogens (tertiary/aromatic N) is 1. The van der Waals surface area contributed by atoms with Gasteiger partial charge in [-0.25, -0.2) is 5.43 Å². The van der Waals surface area contributed by atoms with Gasteiger partial charge in [-0.05, 0) is 31.5 Å². The van der Waals surface area contributed by atoms with Crippen LogP contribution in [0.25, 0.3) is 0 Å². The van der Waals surface area contributed by atoms with Crippen LogP contribution in [-0.4, -0.2) is 11.6 Å². The lowest BCUT2D eigenvalue weighted by Crippen LogP contribution is -2.19. The Labute approximate surface area is 119 Å². The van der Waals surface area contributed by atoms with Crippen LogP contribution in [0.15, 0.2) is 59.7 Å². The van der Waals surface area contributed by atoms with Gasteiger partial charge in [-0.3, -0.25) is 4.79 Å². The maximum Gasteiger partial charge on any atom is 0.271 e. The second-order valence-electron chi connectivity index (χ2n) is 4.82. The van der Waals surface area contributed by atoms with Crippen molar-refractivity contribution in [2.45, 2.75) is 20.3 Å². The van der Waals surface area contributed by atoms with E-state index in [9.17, 15) is 4.79 Å². The summed E-state index contributed by atoms with van der Waals surface area (Å²) in [4.78, 5) is 11.9. The predicted molar refractivity (Wildman–Crippen MR) is 81.9 cm³/mol. The molecule has 2 aromatic rings. The number of aryl methyl sites for hydroxylation is 1. The summed E-state index contributed by atoms with van der Waals surface area (Å²) in [6, 6.07) is 17.5. The van der Waals surface area contributed by atoms with E-state index in [-0.39, 0.29) is 5.91 Å². The average Bonchev–Trinajstić information content (AvgIpc) is 2.46. The molecule has 0 saturated heterocycles. The molecule has 0 heterocycles. The van der Waals surface area contributed by atoms with Crippen LogP contribution in [0.3, 0.4) is 0 Å². The van der Waals surface area contributed by atoms with Crippen LogP contribution in [0.5, 0.6) is 0 Å². The third-order valence-electron chi connectivity index (χ3n) is 2.96. The van der Waals surface area contributed by atoms with Crippen LogP contribution < -0.4 is 5.43 Å². The van der Waals surface area contributed by atoms with Crippen molar-refractivity contribution in [1.82, 2.24) is 5.43 Å². The zero-order chi connectivity index (χ0) is 14.4. The van der Waals surface area contributed by atoms with Crippen LogP contribution in [0, 0.1) is 6.92 Å². The summed E-state index contributed by atoms with van der Waals surface area (Å²) in [6.45, 7) is 3.90. The molecule has 2 rings (SSSR count). The molecular formula is C17H18N2O. The fourth-order valence-electron chi connectivity index (χ4n) is 1.85. The van der Waals surface area contributed by atoms with Gasteiger partial charge in [0, 0.05) is 17.7 Å². The Morgan fingerprint density at radius 2 is 1.70 bits per heavy atom. The minimum atomic E-state index is -0.183. The number of nitrogens with one attached hydrogen (secondary N) is 1. The molecule has 1 N–H and O–H groups in total. The molecule has 20 heavy (non-hydrogen) atoms. The molecule has 0 fully saturated rings. The predicted octanol–water partition coefficient (Wildman–Crippen LogP) is 3.34. The fraction of sp³-hybridized carbons (Fsp3) is 0.176. The normalized spacial score (nSPS) is 11.2. The second-order valence-corrected chi connectivity index (χ2v) is 4.82. The van der Waals surface area contributed by atoms with Crippen LogP contribution in [0.4, 0.5) is 0 Å². The van der Waals surface area contributed by atoms with Gasteiger partial charge >= 0.3 is 0 Å². The summed E-state index contributed by atoms with van der Waals surface area (Å²) in [7, 11) is 0. The van der Waals surface area contributed by atoms with Crippen molar-refractivity contribution in [3.8, 4) is 0 Å². The molecule has 0 aliphatic carbocycles.